The summed E-state index contributed by atoms with van der Waals surface area (Å²) in [5.74, 6) is 0.369. The number of esters is 1. The number of hydrogen-bond acceptors (Lipinski definition) is 10. The lowest BCUT2D eigenvalue weighted by molar-refractivity contribution is -0.276. The van der Waals surface area contributed by atoms with Crippen LogP contribution in [0.4, 0.5) is 10.7 Å². The quantitative estimate of drug-likeness (QED) is 0.180. The summed E-state index contributed by atoms with van der Waals surface area (Å²) in [6.07, 6.45) is 2.72. The second kappa shape index (κ2) is 17.4. The van der Waals surface area contributed by atoms with Crippen molar-refractivity contribution in [3.05, 3.63) is 114 Å². The molecule has 2 fully saturated rings. The Morgan fingerprint density at radius 1 is 0.863 bits per heavy atom. The number of nitrogens with one attached hydrogen (secondary N) is 2. The Bertz CT molecular complexity index is 1720. The molecular formula is C39H46N6O6. The zero-order valence-corrected chi connectivity index (χ0v) is 29.1. The molecule has 268 valence electrons. The van der Waals surface area contributed by atoms with Gasteiger partial charge in [0.15, 0.2) is 6.29 Å². The topological polar surface area (TPSA) is 138 Å². The standard InChI is InChI=1S/C39H46N6O6/c1-3-49-35(47)24-43-39(48)42-23-29-6-4-7-33(22-29)30-12-14-32(15-13-30)37-50-34(27(2)36(51-37)31-10-8-28(26-46)9-11-31)25-44-18-20-45(21-19-44)38-40-16-5-17-41-38/h4-17,22,27,34,36-37,46H,3,18-21,23-26H2,1-2H3,(H2,42,43,48). The maximum atomic E-state index is 12.2. The third kappa shape index (κ3) is 9.47. The van der Waals surface area contributed by atoms with Crippen LogP contribution in [0.25, 0.3) is 11.1 Å². The highest BCUT2D eigenvalue weighted by molar-refractivity contribution is 5.80. The van der Waals surface area contributed by atoms with E-state index < -0.39 is 18.3 Å². The van der Waals surface area contributed by atoms with Gasteiger partial charge in [0.2, 0.25) is 5.95 Å². The fourth-order valence-corrected chi connectivity index (χ4v) is 6.47. The number of carbonyl (C=O) groups is 2. The highest BCUT2D eigenvalue weighted by Gasteiger charge is 2.39. The first-order chi connectivity index (χ1) is 24.9. The van der Waals surface area contributed by atoms with Gasteiger partial charge in [-0.1, -0.05) is 73.7 Å². The van der Waals surface area contributed by atoms with Gasteiger partial charge in [-0.3, -0.25) is 9.69 Å². The van der Waals surface area contributed by atoms with E-state index in [4.69, 9.17) is 14.2 Å². The fraction of sp³-hybridized carbons (Fsp3) is 0.385. The number of ether oxygens (including phenoxy) is 3. The molecule has 3 N–H and O–H groups in total. The van der Waals surface area contributed by atoms with Crippen molar-refractivity contribution in [1.82, 2.24) is 25.5 Å². The van der Waals surface area contributed by atoms with Crippen LogP contribution in [0.1, 0.15) is 48.5 Å². The predicted octanol–water partition coefficient (Wildman–Crippen LogP) is 4.61. The van der Waals surface area contributed by atoms with Gasteiger partial charge in [0, 0.05) is 63.1 Å². The third-order valence-corrected chi connectivity index (χ3v) is 9.36. The van der Waals surface area contributed by atoms with Crippen LogP contribution in [0.15, 0.2) is 91.3 Å². The molecule has 6 rings (SSSR count). The molecule has 0 radical (unpaired) electrons. The van der Waals surface area contributed by atoms with Gasteiger partial charge >= 0.3 is 12.0 Å². The highest BCUT2D eigenvalue weighted by Crippen LogP contribution is 2.42. The van der Waals surface area contributed by atoms with Crippen LogP contribution in [0.2, 0.25) is 0 Å². The van der Waals surface area contributed by atoms with E-state index in [2.05, 4.69) is 49.5 Å². The average Bonchev–Trinajstić information content (AvgIpc) is 3.18. The summed E-state index contributed by atoms with van der Waals surface area (Å²) in [7, 11) is 0. The van der Waals surface area contributed by atoms with Gasteiger partial charge in [-0.2, -0.15) is 0 Å². The van der Waals surface area contributed by atoms with Gasteiger partial charge in [0.25, 0.3) is 0 Å². The van der Waals surface area contributed by atoms with Gasteiger partial charge < -0.3 is 34.9 Å². The predicted molar refractivity (Wildman–Crippen MR) is 192 cm³/mol. The average molecular weight is 695 g/mol. The smallest absolute Gasteiger partial charge is 0.325 e. The summed E-state index contributed by atoms with van der Waals surface area (Å²) >= 11 is 0. The number of piperazine rings is 1. The van der Waals surface area contributed by atoms with Gasteiger partial charge in [-0.15, -0.1) is 0 Å². The number of anilines is 1. The Hall–Kier alpha value is -4.88. The lowest BCUT2D eigenvalue weighted by Crippen LogP contribution is -2.51. The van der Waals surface area contributed by atoms with E-state index >= 15 is 0 Å². The number of urea groups is 1. The molecule has 2 saturated heterocycles. The molecule has 4 unspecified atom stereocenters. The Morgan fingerprint density at radius 2 is 1.59 bits per heavy atom. The van der Waals surface area contributed by atoms with Crippen LogP contribution in [-0.4, -0.2) is 84.0 Å². The van der Waals surface area contributed by atoms with Crippen molar-refractivity contribution in [3.63, 3.8) is 0 Å². The van der Waals surface area contributed by atoms with E-state index in [9.17, 15) is 14.7 Å². The Balaban J connectivity index is 1.12. The maximum absolute atomic E-state index is 12.2. The zero-order valence-electron chi connectivity index (χ0n) is 29.1. The second-order valence-electron chi connectivity index (χ2n) is 12.8. The van der Waals surface area contributed by atoms with E-state index in [-0.39, 0.29) is 37.9 Å². The number of hydrogen-bond donors (Lipinski definition) is 3. The van der Waals surface area contributed by atoms with Crippen molar-refractivity contribution in [2.75, 3.05) is 50.8 Å². The van der Waals surface area contributed by atoms with Crippen molar-refractivity contribution in [3.8, 4) is 11.1 Å². The van der Waals surface area contributed by atoms with Gasteiger partial charge in [0.1, 0.15) is 6.54 Å². The molecule has 12 nitrogen and oxygen atoms in total. The van der Waals surface area contributed by atoms with Crippen LogP contribution in [-0.2, 0) is 32.2 Å². The summed E-state index contributed by atoms with van der Waals surface area (Å²) in [6.45, 7) is 8.52. The van der Waals surface area contributed by atoms with E-state index in [0.29, 0.717) is 6.54 Å². The summed E-state index contributed by atoms with van der Waals surface area (Å²) in [4.78, 5) is 37.2. The number of rotatable bonds is 12. The lowest BCUT2D eigenvalue weighted by Gasteiger charge is -2.44. The molecule has 2 aliphatic heterocycles. The van der Waals surface area contributed by atoms with E-state index in [0.717, 1.165) is 72.1 Å². The van der Waals surface area contributed by atoms with Crippen molar-refractivity contribution in [2.45, 2.75) is 45.5 Å². The largest absolute Gasteiger partial charge is 0.465 e. The van der Waals surface area contributed by atoms with Crippen LogP contribution in [0.3, 0.4) is 0 Å². The SMILES string of the molecule is CCOC(=O)CNC(=O)NCc1cccc(-c2ccc(C3OC(CN4CCN(c5ncccn5)CC4)C(C)C(c4ccc(CO)cc4)O3)cc2)c1. The highest BCUT2D eigenvalue weighted by atomic mass is 16.7. The number of benzene rings is 3. The molecular weight excluding hydrogens is 648 g/mol. The normalized spacial score (nSPS) is 20.8. The van der Waals surface area contributed by atoms with Gasteiger partial charge in [-0.25, -0.2) is 14.8 Å². The van der Waals surface area contributed by atoms with Crippen LogP contribution in [0, 0.1) is 5.92 Å². The van der Waals surface area contributed by atoms with Crippen molar-refractivity contribution in [1.29, 1.82) is 0 Å². The van der Waals surface area contributed by atoms with Crippen LogP contribution >= 0.6 is 0 Å². The summed E-state index contributed by atoms with van der Waals surface area (Å²) < 4.78 is 18.3. The fourth-order valence-electron chi connectivity index (χ4n) is 6.47. The molecule has 3 aromatic carbocycles. The van der Waals surface area contributed by atoms with Crippen molar-refractivity contribution >= 4 is 17.9 Å². The first-order valence-corrected chi connectivity index (χ1v) is 17.5. The molecule has 2 amide bonds. The van der Waals surface area contributed by atoms with Gasteiger partial charge in [-0.05, 0) is 46.9 Å². The number of carbonyl (C=O) groups excluding carboxylic acids is 2. The zero-order chi connectivity index (χ0) is 35.6. The Labute approximate surface area is 298 Å². The first kappa shape index (κ1) is 35.9. The lowest BCUT2D eigenvalue weighted by atomic mass is 9.89. The van der Waals surface area contributed by atoms with E-state index in [1.807, 2.05) is 66.7 Å². The molecule has 0 saturated carbocycles. The third-order valence-electron chi connectivity index (χ3n) is 9.36. The van der Waals surface area contributed by atoms with Crippen LogP contribution < -0.4 is 15.5 Å². The van der Waals surface area contributed by atoms with Crippen molar-refractivity contribution < 1.29 is 28.9 Å². The number of amides is 2. The summed E-state index contributed by atoms with van der Waals surface area (Å²) in [6, 6.07) is 25.5. The van der Waals surface area contributed by atoms with Crippen LogP contribution in [0.5, 0.6) is 0 Å². The monoisotopic (exact) mass is 694 g/mol. The molecule has 3 heterocycles. The first-order valence-electron chi connectivity index (χ1n) is 17.5. The Kier molecular flexibility index (Phi) is 12.2. The molecule has 51 heavy (non-hydrogen) atoms. The molecule has 0 aliphatic carbocycles. The van der Waals surface area contributed by atoms with E-state index in [1.54, 1.807) is 19.3 Å². The number of nitrogens with zero attached hydrogens (tertiary/aromatic N) is 4. The van der Waals surface area contributed by atoms with Crippen molar-refractivity contribution in [2.24, 2.45) is 5.92 Å². The number of aliphatic hydroxyl groups is 1. The summed E-state index contributed by atoms with van der Waals surface area (Å²) in [5, 5.41) is 14.9. The summed E-state index contributed by atoms with van der Waals surface area (Å²) in [5.41, 5.74) is 5.79. The minimum Gasteiger partial charge on any atom is -0.465 e. The van der Waals surface area contributed by atoms with Gasteiger partial charge in [0.05, 0.1) is 25.4 Å². The van der Waals surface area contributed by atoms with E-state index in [1.165, 1.54) is 0 Å². The molecule has 0 spiro atoms. The molecule has 12 heteroatoms. The number of aromatic nitrogens is 2. The number of aliphatic hydroxyl groups excluding tert-OH is 1. The second-order valence-corrected chi connectivity index (χ2v) is 12.8. The molecule has 4 aromatic rings. The molecule has 0 bridgehead atoms. The molecule has 2 aliphatic rings. The minimum absolute atomic E-state index is 0.00601. The Morgan fingerprint density at radius 3 is 2.29 bits per heavy atom. The minimum atomic E-state index is -0.564. The molecule has 4 atom stereocenters. The molecule has 1 aromatic heterocycles. The maximum Gasteiger partial charge on any atom is 0.325 e.